The number of benzene rings is 1. The van der Waals surface area contributed by atoms with Crippen LogP contribution in [0.3, 0.4) is 0 Å². The highest BCUT2D eigenvalue weighted by Gasteiger charge is 2.30. The Morgan fingerprint density at radius 3 is 1.57 bits per heavy atom. The highest BCUT2D eigenvalue weighted by atomic mass is 16.1. The van der Waals surface area contributed by atoms with E-state index in [1.165, 1.54) is 56.1 Å². The van der Waals surface area contributed by atoms with E-state index in [-0.39, 0.29) is 11.8 Å². The van der Waals surface area contributed by atoms with Crippen molar-refractivity contribution in [2.75, 3.05) is 0 Å². The number of hydrogen-bond acceptors (Lipinski definition) is 1. The predicted molar refractivity (Wildman–Crippen MR) is 87.4 cm³/mol. The predicted octanol–water partition coefficient (Wildman–Crippen LogP) is 5.11. The molecule has 2 aliphatic carbocycles. The summed E-state index contributed by atoms with van der Waals surface area (Å²) in [6.45, 7) is 0. The Hall–Kier alpha value is -1.11. The first-order valence-corrected chi connectivity index (χ1v) is 8.95. The second-order valence-electron chi connectivity index (χ2n) is 7.03. The van der Waals surface area contributed by atoms with Gasteiger partial charge in [0.15, 0.2) is 0 Å². The van der Waals surface area contributed by atoms with Crippen LogP contribution in [-0.4, -0.2) is 5.78 Å². The van der Waals surface area contributed by atoms with Gasteiger partial charge < -0.3 is 0 Å². The molecule has 0 spiro atoms. The fourth-order valence-electron chi connectivity index (χ4n) is 4.18. The summed E-state index contributed by atoms with van der Waals surface area (Å²) in [5, 5.41) is 0. The van der Waals surface area contributed by atoms with Gasteiger partial charge in [0.2, 0.25) is 0 Å². The molecule has 1 heteroatoms. The molecule has 0 amide bonds. The van der Waals surface area contributed by atoms with Crippen LogP contribution in [-0.2, 0) is 17.6 Å². The lowest BCUT2D eigenvalue weighted by atomic mass is 9.83. The average molecular weight is 284 g/mol. The molecule has 0 heterocycles. The van der Waals surface area contributed by atoms with Gasteiger partial charge in [-0.15, -0.1) is 0 Å². The largest absolute Gasteiger partial charge is 0.299 e. The van der Waals surface area contributed by atoms with Crippen molar-refractivity contribution in [2.45, 2.75) is 70.6 Å². The van der Waals surface area contributed by atoms with Gasteiger partial charge in [-0.2, -0.15) is 0 Å². The highest BCUT2D eigenvalue weighted by Crippen LogP contribution is 2.32. The van der Waals surface area contributed by atoms with Crippen LogP contribution in [0.25, 0.3) is 0 Å². The van der Waals surface area contributed by atoms with Gasteiger partial charge in [0.25, 0.3) is 0 Å². The van der Waals surface area contributed by atoms with Gasteiger partial charge in [0.05, 0.1) is 0 Å². The van der Waals surface area contributed by atoms with Gasteiger partial charge in [-0.25, -0.2) is 0 Å². The summed E-state index contributed by atoms with van der Waals surface area (Å²) in [7, 11) is 0. The summed E-state index contributed by atoms with van der Waals surface area (Å²) in [6, 6.07) is 8.76. The Balaban J connectivity index is 1.82. The minimum atomic E-state index is 0.290. The van der Waals surface area contributed by atoms with Gasteiger partial charge in [0.1, 0.15) is 5.78 Å². The molecule has 1 aromatic carbocycles. The minimum absolute atomic E-state index is 0.290. The normalized spacial score (nSPS) is 27.9. The van der Waals surface area contributed by atoms with Crippen molar-refractivity contribution < 1.29 is 4.79 Å². The number of ketones is 1. The van der Waals surface area contributed by atoms with Crippen LogP contribution in [0.15, 0.2) is 24.3 Å². The fraction of sp³-hybridized carbons (Fsp3) is 0.650. The van der Waals surface area contributed by atoms with Gasteiger partial charge in [-0.05, 0) is 36.8 Å². The average Bonchev–Trinajstić information content (AvgIpc) is 2.63. The number of fused-ring (bicyclic) bond motifs is 3. The topological polar surface area (TPSA) is 17.1 Å². The first-order chi connectivity index (χ1) is 10.3. The molecule has 2 bridgehead atoms. The molecule has 114 valence electrons. The van der Waals surface area contributed by atoms with Crippen LogP contribution in [0, 0.1) is 11.8 Å². The molecular weight excluding hydrogens is 256 g/mol. The van der Waals surface area contributed by atoms with E-state index >= 15 is 0 Å². The quantitative estimate of drug-likeness (QED) is 0.647. The molecule has 21 heavy (non-hydrogen) atoms. The number of carbonyl (C=O) groups is 1. The highest BCUT2D eigenvalue weighted by molar-refractivity contribution is 5.84. The smallest absolute Gasteiger partial charge is 0.139 e. The SMILES string of the molecule is O=C1C2CCCCCCCCCC1Cc1ccccc1C2. The molecule has 1 aromatic rings. The third-order valence-corrected chi connectivity index (χ3v) is 5.46. The number of rotatable bonds is 0. The molecule has 0 radical (unpaired) electrons. The maximum absolute atomic E-state index is 12.9. The van der Waals surface area contributed by atoms with Gasteiger partial charge in [-0.3, -0.25) is 4.79 Å². The Morgan fingerprint density at radius 2 is 1.10 bits per heavy atom. The molecular formula is C20H28O. The van der Waals surface area contributed by atoms with Crippen LogP contribution in [0.5, 0.6) is 0 Å². The zero-order valence-corrected chi connectivity index (χ0v) is 13.2. The zero-order valence-electron chi connectivity index (χ0n) is 13.2. The van der Waals surface area contributed by atoms with E-state index in [1.54, 1.807) is 0 Å². The van der Waals surface area contributed by atoms with E-state index in [1.807, 2.05) is 0 Å². The number of carbonyl (C=O) groups excluding carboxylic acids is 1. The lowest BCUT2D eigenvalue weighted by Crippen LogP contribution is -2.24. The molecule has 0 aromatic heterocycles. The maximum atomic E-state index is 12.9. The van der Waals surface area contributed by atoms with Crippen molar-refractivity contribution in [3.8, 4) is 0 Å². The van der Waals surface area contributed by atoms with Crippen LogP contribution in [0.2, 0.25) is 0 Å². The number of Topliss-reactive ketones (excluding diaryl/α,β-unsaturated/α-hetero) is 1. The Labute approximate surface area is 129 Å². The van der Waals surface area contributed by atoms with Crippen molar-refractivity contribution in [2.24, 2.45) is 11.8 Å². The minimum Gasteiger partial charge on any atom is -0.299 e. The summed E-state index contributed by atoms with van der Waals surface area (Å²) in [4.78, 5) is 12.9. The van der Waals surface area contributed by atoms with Crippen molar-refractivity contribution in [1.82, 2.24) is 0 Å². The molecule has 1 saturated carbocycles. The summed E-state index contributed by atoms with van der Waals surface area (Å²) in [5.74, 6) is 1.16. The summed E-state index contributed by atoms with van der Waals surface area (Å²) >= 11 is 0. The second-order valence-corrected chi connectivity index (χ2v) is 7.03. The summed E-state index contributed by atoms with van der Waals surface area (Å²) in [6.07, 6.45) is 13.4. The third-order valence-electron chi connectivity index (χ3n) is 5.46. The Bertz CT molecular complexity index is 435. The van der Waals surface area contributed by atoms with Crippen molar-refractivity contribution in [1.29, 1.82) is 0 Å². The molecule has 1 fully saturated rings. The molecule has 2 unspecified atom stereocenters. The van der Waals surface area contributed by atoms with Crippen LogP contribution >= 0.6 is 0 Å². The first kappa shape index (κ1) is 14.8. The van der Waals surface area contributed by atoms with Gasteiger partial charge in [-0.1, -0.05) is 69.2 Å². The van der Waals surface area contributed by atoms with Crippen molar-refractivity contribution in [3.05, 3.63) is 35.4 Å². The lowest BCUT2D eigenvalue weighted by molar-refractivity contribution is -0.127. The Morgan fingerprint density at radius 1 is 0.667 bits per heavy atom. The molecule has 0 N–H and O–H groups in total. The van der Waals surface area contributed by atoms with Gasteiger partial charge in [0, 0.05) is 11.8 Å². The molecule has 2 aliphatic rings. The first-order valence-electron chi connectivity index (χ1n) is 8.95. The third kappa shape index (κ3) is 3.75. The maximum Gasteiger partial charge on any atom is 0.139 e. The standard InChI is InChI=1S/C20H28O/c21-20-18-12-6-4-2-1-3-5-7-13-19(20)15-17-11-9-8-10-16(17)14-18/h8-11,18-19H,1-7,12-15H2. The van der Waals surface area contributed by atoms with Crippen LogP contribution in [0.4, 0.5) is 0 Å². The summed E-state index contributed by atoms with van der Waals surface area (Å²) < 4.78 is 0. The molecule has 0 saturated heterocycles. The van der Waals surface area contributed by atoms with E-state index < -0.39 is 0 Å². The summed E-state index contributed by atoms with van der Waals surface area (Å²) in [5.41, 5.74) is 2.88. The molecule has 2 atom stereocenters. The molecule has 1 nitrogen and oxygen atoms in total. The van der Waals surface area contributed by atoms with E-state index in [9.17, 15) is 4.79 Å². The fourth-order valence-corrected chi connectivity index (χ4v) is 4.18. The van der Waals surface area contributed by atoms with Gasteiger partial charge >= 0.3 is 0 Å². The van der Waals surface area contributed by atoms with Crippen molar-refractivity contribution in [3.63, 3.8) is 0 Å². The Kier molecular flexibility index (Phi) is 5.11. The van der Waals surface area contributed by atoms with E-state index in [2.05, 4.69) is 24.3 Å². The molecule has 3 rings (SSSR count). The number of hydrogen-bond donors (Lipinski definition) is 0. The van der Waals surface area contributed by atoms with Crippen LogP contribution in [0.1, 0.15) is 68.9 Å². The van der Waals surface area contributed by atoms with Crippen LogP contribution < -0.4 is 0 Å². The monoisotopic (exact) mass is 284 g/mol. The van der Waals surface area contributed by atoms with E-state index in [4.69, 9.17) is 0 Å². The van der Waals surface area contributed by atoms with E-state index in [0.717, 1.165) is 25.7 Å². The van der Waals surface area contributed by atoms with Crippen molar-refractivity contribution >= 4 is 5.78 Å². The lowest BCUT2D eigenvalue weighted by Gasteiger charge is -2.20. The zero-order chi connectivity index (χ0) is 14.5. The van der Waals surface area contributed by atoms with E-state index in [0.29, 0.717) is 5.78 Å². The molecule has 0 aliphatic heterocycles. The second kappa shape index (κ2) is 7.24.